The van der Waals surface area contributed by atoms with Crippen molar-refractivity contribution in [1.82, 2.24) is 9.03 Å². The summed E-state index contributed by atoms with van der Waals surface area (Å²) in [7, 11) is 0.635. The van der Waals surface area contributed by atoms with Gasteiger partial charge in [-0.2, -0.15) is 17.4 Å². The highest BCUT2D eigenvalue weighted by Crippen LogP contribution is 2.24. The zero-order valence-electron chi connectivity index (χ0n) is 11.9. The van der Waals surface area contributed by atoms with Crippen LogP contribution < -0.4 is 14.8 Å². The summed E-state index contributed by atoms with van der Waals surface area (Å²) in [4.78, 5) is 11.7. The van der Waals surface area contributed by atoms with Gasteiger partial charge in [-0.1, -0.05) is 6.07 Å². The van der Waals surface area contributed by atoms with Crippen LogP contribution in [0.3, 0.4) is 0 Å². The number of amides is 1. The van der Waals surface area contributed by atoms with Crippen LogP contribution in [-0.4, -0.2) is 46.4 Å². The lowest BCUT2D eigenvalue weighted by Crippen LogP contribution is -2.40. The first-order valence-electron chi connectivity index (χ1n) is 5.88. The number of aryl methyl sites for hydroxylation is 1. The first-order chi connectivity index (χ1) is 9.26. The van der Waals surface area contributed by atoms with Crippen LogP contribution in [0.4, 0.5) is 5.69 Å². The van der Waals surface area contributed by atoms with E-state index in [2.05, 4.69) is 10.0 Å². The van der Waals surface area contributed by atoms with Crippen LogP contribution in [0, 0.1) is 6.92 Å². The van der Waals surface area contributed by atoms with Gasteiger partial charge in [-0.25, -0.2) is 0 Å². The third-order valence-corrected chi connectivity index (χ3v) is 4.00. The second-order valence-electron chi connectivity index (χ2n) is 4.36. The molecule has 0 fully saturated rings. The molecule has 112 valence electrons. The van der Waals surface area contributed by atoms with E-state index >= 15 is 0 Å². The zero-order chi connectivity index (χ0) is 15.3. The lowest BCUT2D eigenvalue weighted by atomic mass is 10.2. The molecule has 0 saturated heterocycles. The van der Waals surface area contributed by atoms with Gasteiger partial charge in [0.1, 0.15) is 5.75 Å². The second kappa shape index (κ2) is 6.69. The summed E-state index contributed by atoms with van der Waals surface area (Å²) >= 11 is 0. The maximum absolute atomic E-state index is 11.7. The van der Waals surface area contributed by atoms with Crippen molar-refractivity contribution in [1.29, 1.82) is 0 Å². The average Bonchev–Trinajstić information content (AvgIpc) is 2.36. The molecule has 0 unspecified atom stereocenters. The van der Waals surface area contributed by atoms with Crippen molar-refractivity contribution >= 4 is 21.8 Å². The molecule has 0 radical (unpaired) electrons. The second-order valence-corrected chi connectivity index (χ2v) is 6.33. The van der Waals surface area contributed by atoms with E-state index in [0.717, 1.165) is 9.87 Å². The molecule has 0 heterocycles. The van der Waals surface area contributed by atoms with Crippen LogP contribution in [0.1, 0.15) is 5.56 Å². The maximum Gasteiger partial charge on any atom is 0.279 e. The maximum atomic E-state index is 11.7. The smallest absolute Gasteiger partial charge is 0.279 e. The molecular weight excluding hydrogens is 282 g/mol. The molecule has 0 aliphatic carbocycles. The Labute approximate surface area is 119 Å². The van der Waals surface area contributed by atoms with Crippen molar-refractivity contribution in [2.24, 2.45) is 0 Å². The molecule has 0 saturated carbocycles. The molecule has 0 aliphatic rings. The van der Waals surface area contributed by atoms with Crippen LogP contribution in [0.15, 0.2) is 18.2 Å². The molecule has 2 N–H and O–H groups in total. The number of nitrogens with one attached hydrogen (secondary N) is 2. The van der Waals surface area contributed by atoms with Gasteiger partial charge in [-0.05, 0) is 24.6 Å². The summed E-state index contributed by atoms with van der Waals surface area (Å²) in [5.74, 6) is 0.0405. The molecule has 0 atom stereocenters. The summed E-state index contributed by atoms with van der Waals surface area (Å²) in [5.41, 5.74) is 1.46. The highest BCUT2D eigenvalue weighted by molar-refractivity contribution is 7.87. The van der Waals surface area contributed by atoms with Gasteiger partial charge in [0.15, 0.2) is 0 Å². The minimum Gasteiger partial charge on any atom is -0.495 e. The number of ether oxygens (including phenoxy) is 1. The first-order valence-corrected chi connectivity index (χ1v) is 7.32. The molecule has 0 aromatic heterocycles. The van der Waals surface area contributed by atoms with Crippen molar-refractivity contribution in [3.63, 3.8) is 0 Å². The molecule has 1 amide bonds. The van der Waals surface area contributed by atoms with E-state index in [1.807, 2.05) is 13.0 Å². The Morgan fingerprint density at radius 1 is 1.35 bits per heavy atom. The van der Waals surface area contributed by atoms with Gasteiger partial charge in [0.25, 0.3) is 10.2 Å². The predicted octanol–water partition coefficient (Wildman–Crippen LogP) is 0.338. The molecule has 0 spiro atoms. The fourth-order valence-corrected chi connectivity index (χ4v) is 1.97. The third kappa shape index (κ3) is 4.48. The molecule has 0 bridgehead atoms. The Morgan fingerprint density at radius 2 is 2.00 bits per heavy atom. The van der Waals surface area contributed by atoms with Gasteiger partial charge >= 0.3 is 0 Å². The van der Waals surface area contributed by atoms with Gasteiger partial charge in [0.2, 0.25) is 5.91 Å². The molecule has 7 nitrogen and oxygen atoms in total. The number of benzene rings is 1. The number of rotatable bonds is 6. The fraction of sp³-hybridized carbons (Fsp3) is 0.417. The number of hydrogen-bond donors (Lipinski definition) is 2. The highest BCUT2D eigenvalue weighted by atomic mass is 32.2. The molecule has 1 aromatic carbocycles. The lowest BCUT2D eigenvalue weighted by Gasteiger charge is -2.13. The third-order valence-electron chi connectivity index (χ3n) is 2.52. The monoisotopic (exact) mass is 301 g/mol. The number of hydrogen-bond acceptors (Lipinski definition) is 4. The van der Waals surface area contributed by atoms with Crippen molar-refractivity contribution in [3.05, 3.63) is 23.8 Å². The van der Waals surface area contributed by atoms with E-state index in [-0.39, 0.29) is 6.54 Å². The van der Waals surface area contributed by atoms with Crippen molar-refractivity contribution in [2.45, 2.75) is 6.92 Å². The highest BCUT2D eigenvalue weighted by Gasteiger charge is 2.15. The van der Waals surface area contributed by atoms with Gasteiger partial charge in [0, 0.05) is 14.1 Å². The fourth-order valence-electron chi connectivity index (χ4n) is 1.40. The average molecular weight is 301 g/mol. The van der Waals surface area contributed by atoms with Gasteiger partial charge in [-0.15, -0.1) is 0 Å². The van der Waals surface area contributed by atoms with Crippen molar-refractivity contribution < 1.29 is 17.9 Å². The van der Waals surface area contributed by atoms with E-state index in [1.165, 1.54) is 21.2 Å². The summed E-state index contributed by atoms with van der Waals surface area (Å²) in [6.07, 6.45) is 0. The van der Waals surface area contributed by atoms with Crippen LogP contribution in [0.5, 0.6) is 5.75 Å². The van der Waals surface area contributed by atoms with Crippen LogP contribution >= 0.6 is 0 Å². The number of carbonyl (C=O) groups excluding carboxylic acids is 1. The van der Waals surface area contributed by atoms with E-state index in [0.29, 0.717) is 11.4 Å². The van der Waals surface area contributed by atoms with E-state index < -0.39 is 16.1 Å². The minimum absolute atomic E-state index is 0.350. The summed E-state index contributed by atoms with van der Waals surface area (Å²) < 4.78 is 31.2. The topological polar surface area (TPSA) is 87.7 Å². The van der Waals surface area contributed by atoms with Crippen molar-refractivity contribution in [2.75, 3.05) is 33.1 Å². The summed E-state index contributed by atoms with van der Waals surface area (Å²) in [6.45, 7) is 1.53. The Hall–Kier alpha value is -1.64. The number of anilines is 1. The Morgan fingerprint density at radius 3 is 2.55 bits per heavy atom. The van der Waals surface area contributed by atoms with Gasteiger partial charge in [0.05, 0.1) is 19.3 Å². The predicted molar refractivity (Wildman–Crippen MR) is 77.0 cm³/mol. The molecule has 1 rings (SSSR count). The normalized spacial score (nSPS) is 11.4. The summed E-state index contributed by atoms with van der Waals surface area (Å²) in [5, 5.41) is 2.60. The van der Waals surface area contributed by atoms with Crippen molar-refractivity contribution in [3.8, 4) is 5.75 Å². The Kier molecular flexibility index (Phi) is 5.49. The van der Waals surface area contributed by atoms with Gasteiger partial charge < -0.3 is 10.1 Å². The molecule has 0 aliphatic heterocycles. The molecule has 20 heavy (non-hydrogen) atoms. The Balaban J connectivity index is 2.70. The quantitative estimate of drug-likeness (QED) is 0.793. The largest absolute Gasteiger partial charge is 0.495 e. The lowest BCUT2D eigenvalue weighted by molar-refractivity contribution is -0.115. The zero-order valence-corrected chi connectivity index (χ0v) is 12.7. The molecule has 8 heteroatoms. The molecular formula is C12H19N3O4S. The van der Waals surface area contributed by atoms with Crippen LogP contribution in [0.25, 0.3) is 0 Å². The standard InChI is InChI=1S/C12H19N3O4S/c1-9-5-6-11(19-4)10(7-9)14-12(16)8-13-20(17,18)15(2)3/h5-7,13H,8H2,1-4H3,(H,14,16). The number of carbonyl (C=O) groups is 1. The minimum atomic E-state index is -3.62. The number of nitrogens with zero attached hydrogens (tertiary/aromatic N) is 1. The van der Waals surface area contributed by atoms with Crippen LogP contribution in [0.2, 0.25) is 0 Å². The van der Waals surface area contributed by atoms with E-state index in [4.69, 9.17) is 4.74 Å². The summed E-state index contributed by atoms with van der Waals surface area (Å²) in [6, 6.07) is 5.33. The number of methoxy groups -OCH3 is 1. The van der Waals surface area contributed by atoms with Gasteiger partial charge in [-0.3, -0.25) is 4.79 Å². The van der Waals surface area contributed by atoms with E-state index in [1.54, 1.807) is 12.1 Å². The molecule has 1 aromatic rings. The van der Waals surface area contributed by atoms with E-state index in [9.17, 15) is 13.2 Å². The van der Waals surface area contributed by atoms with Crippen LogP contribution in [-0.2, 0) is 15.0 Å². The SMILES string of the molecule is COc1ccc(C)cc1NC(=O)CNS(=O)(=O)N(C)C. The first kappa shape index (κ1) is 16.4. The Bertz CT molecular complexity index is 584.